The van der Waals surface area contributed by atoms with E-state index in [0.717, 1.165) is 16.9 Å². The van der Waals surface area contributed by atoms with Gasteiger partial charge in [0, 0.05) is 5.41 Å². The van der Waals surface area contributed by atoms with Crippen LogP contribution in [0.2, 0.25) is 0 Å². The lowest BCUT2D eigenvalue weighted by molar-refractivity contribution is 0.414. The van der Waals surface area contributed by atoms with E-state index in [1.807, 2.05) is 18.2 Å². The number of aryl methyl sites for hydroxylation is 1. The topological polar surface area (TPSA) is 9.23 Å². The van der Waals surface area contributed by atoms with Crippen molar-refractivity contribution in [1.29, 1.82) is 0 Å². The number of alkyl halides is 1. The van der Waals surface area contributed by atoms with E-state index in [1.54, 1.807) is 7.11 Å². The van der Waals surface area contributed by atoms with Gasteiger partial charge in [0.05, 0.1) is 12.5 Å². The molecule has 0 amide bonds. The molecule has 0 saturated carbocycles. The molecule has 2 aromatic carbocycles. The zero-order valence-electron chi connectivity index (χ0n) is 12.5. The highest BCUT2D eigenvalue weighted by Gasteiger charge is 2.31. The van der Waals surface area contributed by atoms with Crippen LogP contribution in [0.15, 0.2) is 48.5 Å². The van der Waals surface area contributed by atoms with Crippen LogP contribution in [-0.2, 0) is 5.41 Å². The molecule has 2 heteroatoms. The first-order valence-electron chi connectivity index (χ1n) is 6.81. The quantitative estimate of drug-likeness (QED) is 0.697. The van der Waals surface area contributed by atoms with Crippen molar-refractivity contribution in [1.82, 2.24) is 0 Å². The fraction of sp³-hybridized carbons (Fsp3) is 0.333. The number of hydrogen-bond acceptors (Lipinski definition) is 1. The molecule has 0 saturated heterocycles. The van der Waals surface area contributed by atoms with Crippen molar-refractivity contribution >= 4 is 11.6 Å². The molecule has 1 nitrogen and oxygen atoms in total. The molecule has 0 N–H and O–H groups in total. The van der Waals surface area contributed by atoms with Crippen LogP contribution >= 0.6 is 11.6 Å². The number of rotatable bonds is 4. The van der Waals surface area contributed by atoms with Gasteiger partial charge in [-0.2, -0.15) is 0 Å². The second-order valence-corrected chi connectivity index (χ2v) is 6.11. The highest BCUT2D eigenvalue weighted by molar-refractivity contribution is 6.21. The molecule has 0 aliphatic heterocycles. The molecule has 0 aliphatic carbocycles. The van der Waals surface area contributed by atoms with Gasteiger partial charge in [-0.15, -0.1) is 11.6 Å². The normalized spacial score (nSPS) is 13.1. The SMILES string of the molecule is COc1ccc(C(Cl)C(C)(C)c2ccccc2)c(C)c1. The molecule has 0 radical (unpaired) electrons. The molecule has 106 valence electrons. The van der Waals surface area contributed by atoms with E-state index in [9.17, 15) is 0 Å². The zero-order valence-corrected chi connectivity index (χ0v) is 13.2. The predicted octanol–water partition coefficient (Wildman–Crippen LogP) is 5.26. The zero-order chi connectivity index (χ0) is 14.8. The summed E-state index contributed by atoms with van der Waals surface area (Å²) in [4.78, 5) is 0. The van der Waals surface area contributed by atoms with Gasteiger partial charge in [0.2, 0.25) is 0 Å². The average molecular weight is 289 g/mol. The van der Waals surface area contributed by atoms with Gasteiger partial charge in [0.15, 0.2) is 0 Å². The van der Waals surface area contributed by atoms with Gasteiger partial charge in [-0.1, -0.05) is 50.2 Å². The van der Waals surface area contributed by atoms with E-state index in [1.165, 1.54) is 5.56 Å². The van der Waals surface area contributed by atoms with E-state index < -0.39 is 0 Å². The fourth-order valence-electron chi connectivity index (χ4n) is 2.46. The first-order chi connectivity index (χ1) is 9.46. The van der Waals surface area contributed by atoms with Crippen molar-refractivity contribution in [3.63, 3.8) is 0 Å². The maximum Gasteiger partial charge on any atom is 0.119 e. The first-order valence-corrected chi connectivity index (χ1v) is 7.24. The summed E-state index contributed by atoms with van der Waals surface area (Å²) in [7, 11) is 1.68. The van der Waals surface area contributed by atoms with Crippen LogP contribution < -0.4 is 4.74 Å². The van der Waals surface area contributed by atoms with Crippen LogP contribution in [0.4, 0.5) is 0 Å². The Labute approximate surface area is 126 Å². The highest BCUT2D eigenvalue weighted by Crippen LogP contribution is 2.43. The molecule has 0 heterocycles. The van der Waals surface area contributed by atoms with E-state index in [0.29, 0.717) is 0 Å². The van der Waals surface area contributed by atoms with Gasteiger partial charge in [-0.25, -0.2) is 0 Å². The summed E-state index contributed by atoms with van der Waals surface area (Å²) in [5, 5.41) is -0.0872. The minimum Gasteiger partial charge on any atom is -0.497 e. The van der Waals surface area contributed by atoms with Crippen molar-refractivity contribution in [3.05, 3.63) is 65.2 Å². The summed E-state index contributed by atoms with van der Waals surface area (Å²) in [6, 6.07) is 16.5. The third-order valence-corrected chi connectivity index (χ3v) is 4.68. The molecule has 0 fully saturated rings. The second-order valence-electron chi connectivity index (χ2n) is 5.67. The lowest BCUT2D eigenvalue weighted by Gasteiger charge is -2.32. The molecule has 1 atom stereocenters. The van der Waals surface area contributed by atoms with Gasteiger partial charge in [0.25, 0.3) is 0 Å². The van der Waals surface area contributed by atoms with E-state index in [-0.39, 0.29) is 10.8 Å². The van der Waals surface area contributed by atoms with Crippen LogP contribution in [0.5, 0.6) is 5.75 Å². The molecule has 0 spiro atoms. The molecule has 0 aliphatic rings. The van der Waals surface area contributed by atoms with Crippen molar-refractivity contribution in [2.45, 2.75) is 31.6 Å². The van der Waals surface area contributed by atoms with Crippen molar-refractivity contribution in [3.8, 4) is 5.75 Å². The average Bonchev–Trinajstić information content (AvgIpc) is 2.47. The molecular formula is C18H21ClO. The van der Waals surface area contributed by atoms with Gasteiger partial charge >= 0.3 is 0 Å². The predicted molar refractivity (Wildman–Crippen MR) is 85.8 cm³/mol. The van der Waals surface area contributed by atoms with E-state index in [4.69, 9.17) is 16.3 Å². The lowest BCUT2D eigenvalue weighted by Crippen LogP contribution is -2.24. The smallest absolute Gasteiger partial charge is 0.119 e. The summed E-state index contributed by atoms with van der Waals surface area (Å²) in [6.45, 7) is 6.45. The number of benzene rings is 2. The second kappa shape index (κ2) is 5.88. The van der Waals surface area contributed by atoms with Gasteiger partial charge in [-0.05, 0) is 35.7 Å². The minimum atomic E-state index is -0.137. The number of hydrogen-bond donors (Lipinski definition) is 0. The van der Waals surface area contributed by atoms with Crippen LogP contribution in [0.3, 0.4) is 0 Å². The molecule has 1 unspecified atom stereocenters. The fourth-order valence-corrected chi connectivity index (χ4v) is 2.83. The van der Waals surface area contributed by atoms with Crippen molar-refractivity contribution in [2.75, 3.05) is 7.11 Å². The van der Waals surface area contributed by atoms with Gasteiger partial charge in [0.1, 0.15) is 5.75 Å². The Bertz CT molecular complexity index is 575. The molecule has 2 rings (SSSR count). The van der Waals surface area contributed by atoms with Gasteiger partial charge in [-0.3, -0.25) is 0 Å². The summed E-state index contributed by atoms with van der Waals surface area (Å²) in [5.41, 5.74) is 3.42. The third-order valence-electron chi connectivity index (χ3n) is 3.90. The maximum absolute atomic E-state index is 6.79. The van der Waals surface area contributed by atoms with Crippen LogP contribution in [0.25, 0.3) is 0 Å². The van der Waals surface area contributed by atoms with Crippen molar-refractivity contribution in [2.24, 2.45) is 0 Å². The van der Waals surface area contributed by atoms with Crippen LogP contribution in [-0.4, -0.2) is 7.11 Å². The van der Waals surface area contributed by atoms with Gasteiger partial charge < -0.3 is 4.74 Å². The molecular weight excluding hydrogens is 268 g/mol. The van der Waals surface area contributed by atoms with Crippen LogP contribution in [0, 0.1) is 6.92 Å². The Hall–Kier alpha value is -1.47. The first kappa shape index (κ1) is 14.9. The standard InChI is InChI=1S/C18H21ClO/c1-13-12-15(20-4)10-11-16(13)17(19)18(2,3)14-8-6-5-7-9-14/h5-12,17H,1-4H3. The molecule has 2 aromatic rings. The summed E-state index contributed by atoms with van der Waals surface area (Å²) in [6.07, 6.45) is 0. The molecule has 0 aromatic heterocycles. The lowest BCUT2D eigenvalue weighted by atomic mass is 9.78. The molecule has 0 bridgehead atoms. The Balaban J connectivity index is 2.38. The van der Waals surface area contributed by atoms with Crippen LogP contribution in [0.1, 0.15) is 35.9 Å². The number of halogens is 1. The molecule has 20 heavy (non-hydrogen) atoms. The maximum atomic E-state index is 6.79. The van der Waals surface area contributed by atoms with E-state index in [2.05, 4.69) is 51.1 Å². The van der Waals surface area contributed by atoms with E-state index >= 15 is 0 Å². The minimum absolute atomic E-state index is 0.0872. The summed E-state index contributed by atoms with van der Waals surface area (Å²) >= 11 is 6.79. The Morgan fingerprint density at radius 2 is 1.70 bits per heavy atom. The van der Waals surface area contributed by atoms with Crippen molar-refractivity contribution < 1.29 is 4.74 Å². The third kappa shape index (κ3) is 2.83. The Morgan fingerprint density at radius 3 is 2.25 bits per heavy atom. The highest BCUT2D eigenvalue weighted by atomic mass is 35.5. The number of ether oxygens (including phenoxy) is 1. The Morgan fingerprint density at radius 1 is 1.05 bits per heavy atom. The largest absolute Gasteiger partial charge is 0.497 e. The summed E-state index contributed by atoms with van der Waals surface area (Å²) in [5.74, 6) is 0.868. The number of methoxy groups -OCH3 is 1. The monoisotopic (exact) mass is 288 g/mol. The Kier molecular flexibility index (Phi) is 4.39. The summed E-state index contributed by atoms with van der Waals surface area (Å²) < 4.78 is 5.26.